The van der Waals surface area contributed by atoms with Gasteiger partial charge in [-0.15, -0.1) is 0 Å². The molecule has 4 saturated carbocycles. The van der Waals surface area contributed by atoms with Crippen molar-refractivity contribution >= 4 is 0 Å². The van der Waals surface area contributed by atoms with Crippen LogP contribution in [0.15, 0.2) is 0 Å². The van der Waals surface area contributed by atoms with E-state index in [4.69, 9.17) is 0 Å². The number of aliphatic hydroxyl groups excluding tert-OH is 1. The lowest BCUT2D eigenvalue weighted by Gasteiger charge is -2.61. The second-order valence-corrected chi connectivity index (χ2v) is 13.0. The molecule has 0 aliphatic heterocycles. The van der Waals surface area contributed by atoms with Gasteiger partial charge in [0.1, 0.15) is 0 Å². The second-order valence-electron chi connectivity index (χ2n) is 13.0. The Bertz CT molecular complexity index is 580. The van der Waals surface area contributed by atoms with E-state index in [-0.39, 0.29) is 6.10 Å². The van der Waals surface area contributed by atoms with E-state index >= 15 is 0 Å². The minimum Gasteiger partial charge on any atom is -0.393 e. The quantitative estimate of drug-likeness (QED) is 0.543. The average Bonchev–Trinajstić information content (AvgIpc) is 2.98. The molecule has 2 nitrogen and oxygen atoms in total. The van der Waals surface area contributed by atoms with Gasteiger partial charge in [0.15, 0.2) is 0 Å². The predicted octanol–water partition coefficient (Wildman–Crippen LogP) is 6.58. The van der Waals surface area contributed by atoms with Crippen LogP contribution in [0, 0.1) is 46.3 Å². The summed E-state index contributed by atoms with van der Waals surface area (Å²) >= 11 is 0. The molecule has 4 aliphatic carbocycles. The van der Waals surface area contributed by atoms with Crippen molar-refractivity contribution in [2.24, 2.45) is 46.3 Å². The summed E-state index contributed by atoms with van der Waals surface area (Å²) in [6, 6.07) is 0. The first-order valence-corrected chi connectivity index (χ1v) is 12.9. The lowest BCUT2D eigenvalue weighted by atomic mass is 9.44. The van der Waals surface area contributed by atoms with Crippen molar-refractivity contribution in [1.29, 1.82) is 0 Å². The summed E-state index contributed by atoms with van der Waals surface area (Å²) in [6.07, 6.45) is 15.3. The fraction of sp³-hybridized carbons (Fsp3) is 1.00. The van der Waals surface area contributed by atoms with Gasteiger partial charge < -0.3 is 10.2 Å². The SMILES string of the molecule is C[C@H](CCCC(C)(C)O)C1CC[C@H]2[C@@H]3CC[C@H]4C[C@@H](O)CC[C@]4(C)[C@H]3CC[C@]12C. The molecular formula is C27H48O2. The third kappa shape index (κ3) is 3.95. The van der Waals surface area contributed by atoms with Crippen LogP contribution in [0.1, 0.15) is 112 Å². The number of hydrogen-bond donors (Lipinski definition) is 2. The van der Waals surface area contributed by atoms with Crippen LogP contribution in [-0.2, 0) is 0 Å². The van der Waals surface area contributed by atoms with Crippen LogP contribution in [0.3, 0.4) is 0 Å². The summed E-state index contributed by atoms with van der Waals surface area (Å²) in [7, 11) is 0. The monoisotopic (exact) mass is 404 g/mol. The summed E-state index contributed by atoms with van der Waals surface area (Å²) in [5, 5.41) is 20.3. The van der Waals surface area contributed by atoms with Gasteiger partial charge in [-0.2, -0.15) is 0 Å². The van der Waals surface area contributed by atoms with Crippen molar-refractivity contribution in [3.05, 3.63) is 0 Å². The number of fused-ring (bicyclic) bond motifs is 5. The minimum absolute atomic E-state index is 0.0286. The van der Waals surface area contributed by atoms with Gasteiger partial charge in [0.25, 0.3) is 0 Å². The summed E-state index contributed by atoms with van der Waals surface area (Å²) in [6.45, 7) is 11.7. The van der Waals surface area contributed by atoms with Crippen molar-refractivity contribution < 1.29 is 10.2 Å². The Morgan fingerprint density at radius 1 is 0.931 bits per heavy atom. The maximum absolute atomic E-state index is 10.3. The zero-order chi connectivity index (χ0) is 21.0. The zero-order valence-corrected chi connectivity index (χ0v) is 19.9. The van der Waals surface area contributed by atoms with Crippen LogP contribution in [-0.4, -0.2) is 21.9 Å². The van der Waals surface area contributed by atoms with Gasteiger partial charge in [-0.05, 0) is 124 Å². The van der Waals surface area contributed by atoms with Crippen LogP contribution in [0.5, 0.6) is 0 Å². The van der Waals surface area contributed by atoms with Crippen LogP contribution in [0.4, 0.5) is 0 Å². The molecule has 0 saturated heterocycles. The molecule has 0 amide bonds. The first-order chi connectivity index (χ1) is 13.5. The van der Waals surface area contributed by atoms with Crippen molar-refractivity contribution in [2.45, 2.75) is 123 Å². The van der Waals surface area contributed by atoms with Gasteiger partial charge in [0.05, 0.1) is 11.7 Å². The van der Waals surface area contributed by atoms with E-state index in [0.29, 0.717) is 10.8 Å². The van der Waals surface area contributed by atoms with E-state index in [1.54, 1.807) is 0 Å². The standard InChI is InChI=1S/C27H48O2/c1-18(7-6-14-25(2,3)29)22-10-11-23-21-9-8-19-17-20(28)12-15-26(19,4)24(21)13-16-27(22,23)5/h18-24,28-29H,6-17H2,1-5H3/t18-,19+,20+,21+,22?,23+,24+,26+,27-/m1/s1. The largest absolute Gasteiger partial charge is 0.393 e. The van der Waals surface area contributed by atoms with E-state index < -0.39 is 5.60 Å². The highest BCUT2D eigenvalue weighted by molar-refractivity contribution is 5.09. The van der Waals surface area contributed by atoms with E-state index in [9.17, 15) is 10.2 Å². The molecule has 4 aliphatic rings. The third-order valence-corrected chi connectivity index (χ3v) is 10.8. The normalized spacial score (nSPS) is 48.5. The maximum Gasteiger partial charge on any atom is 0.0591 e. The van der Waals surface area contributed by atoms with Crippen molar-refractivity contribution in [3.8, 4) is 0 Å². The molecule has 0 heterocycles. The Hall–Kier alpha value is -0.0800. The van der Waals surface area contributed by atoms with Gasteiger partial charge >= 0.3 is 0 Å². The number of aliphatic hydroxyl groups is 2. The number of rotatable bonds is 5. The maximum atomic E-state index is 10.3. The Kier molecular flexibility index (Phi) is 5.95. The highest BCUT2D eigenvalue weighted by atomic mass is 16.3. The molecule has 168 valence electrons. The Morgan fingerprint density at radius 2 is 1.62 bits per heavy atom. The molecule has 4 rings (SSSR count). The fourth-order valence-corrected chi connectivity index (χ4v) is 9.27. The first-order valence-electron chi connectivity index (χ1n) is 12.9. The molecule has 0 radical (unpaired) electrons. The summed E-state index contributed by atoms with van der Waals surface area (Å²) in [4.78, 5) is 0. The second kappa shape index (κ2) is 7.80. The zero-order valence-electron chi connectivity index (χ0n) is 19.9. The molecule has 2 N–H and O–H groups in total. The van der Waals surface area contributed by atoms with Gasteiger partial charge in [-0.1, -0.05) is 33.6 Å². The molecule has 1 unspecified atom stereocenters. The summed E-state index contributed by atoms with van der Waals surface area (Å²) in [5.74, 6) is 5.24. The van der Waals surface area contributed by atoms with Gasteiger partial charge in [0, 0.05) is 0 Å². The molecule has 2 heteroatoms. The van der Waals surface area contributed by atoms with Crippen LogP contribution in [0.2, 0.25) is 0 Å². The average molecular weight is 405 g/mol. The third-order valence-electron chi connectivity index (χ3n) is 10.8. The predicted molar refractivity (Wildman–Crippen MR) is 121 cm³/mol. The van der Waals surface area contributed by atoms with Crippen molar-refractivity contribution in [1.82, 2.24) is 0 Å². The summed E-state index contributed by atoms with van der Waals surface area (Å²) < 4.78 is 0. The molecule has 0 aromatic carbocycles. The Labute approximate surface area is 180 Å². The fourth-order valence-electron chi connectivity index (χ4n) is 9.27. The molecule has 9 atom stereocenters. The van der Waals surface area contributed by atoms with Crippen LogP contribution in [0.25, 0.3) is 0 Å². The molecule has 0 spiro atoms. The van der Waals surface area contributed by atoms with Gasteiger partial charge in [0.2, 0.25) is 0 Å². The highest BCUT2D eigenvalue weighted by Crippen LogP contribution is 2.68. The van der Waals surface area contributed by atoms with Crippen LogP contribution < -0.4 is 0 Å². The van der Waals surface area contributed by atoms with E-state index in [1.807, 2.05) is 13.8 Å². The van der Waals surface area contributed by atoms with E-state index in [0.717, 1.165) is 61.2 Å². The highest BCUT2D eigenvalue weighted by Gasteiger charge is 2.60. The molecule has 4 fully saturated rings. The first kappa shape index (κ1) is 22.1. The smallest absolute Gasteiger partial charge is 0.0591 e. The summed E-state index contributed by atoms with van der Waals surface area (Å²) in [5.41, 5.74) is 0.536. The topological polar surface area (TPSA) is 40.5 Å². The van der Waals surface area contributed by atoms with Gasteiger partial charge in [-0.25, -0.2) is 0 Å². The molecule has 0 bridgehead atoms. The van der Waals surface area contributed by atoms with Crippen molar-refractivity contribution in [2.75, 3.05) is 0 Å². The number of hydrogen-bond acceptors (Lipinski definition) is 2. The lowest BCUT2D eigenvalue weighted by Crippen LogP contribution is -2.54. The molecule has 0 aromatic rings. The molecule has 0 aromatic heterocycles. The Morgan fingerprint density at radius 3 is 2.34 bits per heavy atom. The molecule has 29 heavy (non-hydrogen) atoms. The van der Waals surface area contributed by atoms with Gasteiger partial charge in [-0.3, -0.25) is 0 Å². The van der Waals surface area contributed by atoms with E-state index in [1.165, 1.54) is 51.4 Å². The minimum atomic E-state index is -0.512. The lowest BCUT2D eigenvalue weighted by molar-refractivity contribution is -0.129. The van der Waals surface area contributed by atoms with Crippen molar-refractivity contribution in [3.63, 3.8) is 0 Å². The Balaban J connectivity index is 1.44. The molecular weight excluding hydrogens is 356 g/mol. The van der Waals surface area contributed by atoms with Crippen LogP contribution >= 0.6 is 0 Å². The van der Waals surface area contributed by atoms with E-state index in [2.05, 4.69) is 20.8 Å².